The fraction of sp³-hybridized carbons (Fsp3) is 0.133. The molecule has 0 amide bonds. The normalized spacial score (nSPS) is 11.2. The van der Waals surface area contributed by atoms with Crippen LogP contribution in [-0.4, -0.2) is 14.7 Å². The van der Waals surface area contributed by atoms with Crippen LogP contribution >= 0.6 is 27.5 Å². The lowest BCUT2D eigenvalue weighted by atomic mass is 10.2. The standard InChI is InChI=1S/C15H12BrClN2O/c16-11-1-3-13(18-6-11)8-19-7-10(9-20)14-4-2-12(17)5-15(14)19/h1-7,20H,8-9H2. The van der Waals surface area contributed by atoms with E-state index in [4.69, 9.17) is 11.6 Å². The van der Waals surface area contributed by atoms with Crippen LogP contribution in [-0.2, 0) is 13.2 Å². The van der Waals surface area contributed by atoms with Gasteiger partial charge < -0.3 is 9.67 Å². The second kappa shape index (κ2) is 5.56. The monoisotopic (exact) mass is 350 g/mol. The molecule has 1 aromatic carbocycles. The van der Waals surface area contributed by atoms with E-state index in [1.807, 2.05) is 36.5 Å². The molecule has 0 radical (unpaired) electrons. The SMILES string of the molecule is OCc1cn(Cc2ccc(Br)cn2)c2cc(Cl)ccc12. The van der Waals surface area contributed by atoms with Crippen molar-refractivity contribution < 1.29 is 5.11 Å². The van der Waals surface area contributed by atoms with Crippen molar-refractivity contribution in [3.8, 4) is 0 Å². The van der Waals surface area contributed by atoms with Gasteiger partial charge in [-0.25, -0.2) is 0 Å². The summed E-state index contributed by atoms with van der Waals surface area (Å²) in [6.45, 7) is 0.656. The van der Waals surface area contributed by atoms with Crippen molar-refractivity contribution in [2.24, 2.45) is 0 Å². The predicted molar refractivity (Wildman–Crippen MR) is 83.9 cm³/mol. The summed E-state index contributed by atoms with van der Waals surface area (Å²) in [5.41, 5.74) is 2.86. The maximum Gasteiger partial charge on any atom is 0.0702 e. The summed E-state index contributed by atoms with van der Waals surface area (Å²) in [6, 6.07) is 9.63. The number of halogens is 2. The Morgan fingerprint density at radius 3 is 2.80 bits per heavy atom. The minimum Gasteiger partial charge on any atom is -0.392 e. The van der Waals surface area contributed by atoms with Gasteiger partial charge in [-0.3, -0.25) is 4.98 Å². The summed E-state index contributed by atoms with van der Waals surface area (Å²) in [5.74, 6) is 0. The fourth-order valence-corrected chi connectivity index (χ4v) is 2.67. The topological polar surface area (TPSA) is 38.0 Å². The molecule has 0 aliphatic carbocycles. The van der Waals surface area contributed by atoms with E-state index < -0.39 is 0 Å². The van der Waals surface area contributed by atoms with E-state index in [-0.39, 0.29) is 6.61 Å². The molecule has 3 aromatic rings. The molecule has 0 saturated carbocycles. The van der Waals surface area contributed by atoms with Crippen molar-refractivity contribution >= 4 is 38.4 Å². The van der Waals surface area contributed by atoms with Crippen LogP contribution < -0.4 is 0 Å². The first kappa shape index (κ1) is 13.6. The molecule has 2 heterocycles. The van der Waals surface area contributed by atoms with E-state index in [9.17, 15) is 5.11 Å². The van der Waals surface area contributed by atoms with Gasteiger partial charge in [0.1, 0.15) is 0 Å². The maximum absolute atomic E-state index is 9.45. The Kier molecular flexibility index (Phi) is 3.78. The van der Waals surface area contributed by atoms with Gasteiger partial charge in [0.2, 0.25) is 0 Å². The van der Waals surface area contributed by atoms with Crippen LogP contribution in [0.5, 0.6) is 0 Å². The molecule has 0 saturated heterocycles. The minimum atomic E-state index is 0.0128. The molecule has 3 rings (SSSR count). The summed E-state index contributed by atoms with van der Waals surface area (Å²) in [4.78, 5) is 4.37. The van der Waals surface area contributed by atoms with Crippen LogP contribution in [0, 0.1) is 0 Å². The highest BCUT2D eigenvalue weighted by Gasteiger charge is 2.09. The first-order chi connectivity index (χ1) is 9.67. The van der Waals surface area contributed by atoms with Crippen LogP contribution in [0.3, 0.4) is 0 Å². The number of nitrogens with zero attached hydrogens (tertiary/aromatic N) is 2. The van der Waals surface area contributed by atoms with Gasteiger partial charge in [-0.05, 0) is 40.2 Å². The van der Waals surface area contributed by atoms with Gasteiger partial charge >= 0.3 is 0 Å². The van der Waals surface area contributed by atoms with E-state index in [0.717, 1.165) is 26.6 Å². The smallest absolute Gasteiger partial charge is 0.0702 e. The number of pyridine rings is 1. The molecule has 2 aromatic heterocycles. The molecular formula is C15H12BrClN2O. The number of hydrogen-bond acceptors (Lipinski definition) is 2. The molecule has 3 nitrogen and oxygen atoms in total. The predicted octanol–water partition coefficient (Wildman–Crippen LogP) is 3.99. The van der Waals surface area contributed by atoms with Gasteiger partial charge in [-0.15, -0.1) is 0 Å². The molecule has 20 heavy (non-hydrogen) atoms. The second-order valence-corrected chi connectivity index (χ2v) is 5.92. The lowest BCUT2D eigenvalue weighted by Gasteiger charge is -2.05. The summed E-state index contributed by atoms with van der Waals surface area (Å²) in [5, 5.41) is 11.2. The number of benzene rings is 1. The third kappa shape index (κ3) is 2.59. The van der Waals surface area contributed by atoms with E-state index in [1.54, 1.807) is 6.20 Å². The van der Waals surface area contributed by atoms with Gasteiger partial charge in [0, 0.05) is 32.8 Å². The molecule has 0 atom stereocenters. The molecule has 102 valence electrons. The quantitative estimate of drug-likeness (QED) is 0.775. The van der Waals surface area contributed by atoms with E-state index in [2.05, 4.69) is 25.5 Å². The van der Waals surface area contributed by atoms with Crippen LogP contribution in [0.1, 0.15) is 11.3 Å². The summed E-state index contributed by atoms with van der Waals surface area (Å²) in [6.07, 6.45) is 3.73. The van der Waals surface area contributed by atoms with Crippen molar-refractivity contribution in [3.05, 3.63) is 63.5 Å². The number of aliphatic hydroxyl groups excluding tert-OH is 1. The average molecular weight is 352 g/mol. The zero-order valence-corrected chi connectivity index (χ0v) is 12.9. The average Bonchev–Trinajstić information content (AvgIpc) is 2.79. The maximum atomic E-state index is 9.45. The van der Waals surface area contributed by atoms with Crippen molar-refractivity contribution in [3.63, 3.8) is 0 Å². The zero-order chi connectivity index (χ0) is 14.1. The van der Waals surface area contributed by atoms with Gasteiger partial charge in [0.25, 0.3) is 0 Å². The van der Waals surface area contributed by atoms with E-state index in [0.29, 0.717) is 11.6 Å². The number of aliphatic hydroxyl groups is 1. The van der Waals surface area contributed by atoms with Gasteiger partial charge in [-0.2, -0.15) is 0 Å². The van der Waals surface area contributed by atoms with Gasteiger partial charge in [0.15, 0.2) is 0 Å². The lowest BCUT2D eigenvalue weighted by Crippen LogP contribution is -2.00. The largest absolute Gasteiger partial charge is 0.392 e. The minimum absolute atomic E-state index is 0.0128. The molecule has 0 bridgehead atoms. The van der Waals surface area contributed by atoms with E-state index >= 15 is 0 Å². The molecule has 0 fully saturated rings. The molecule has 5 heteroatoms. The summed E-state index contributed by atoms with van der Waals surface area (Å²) < 4.78 is 3.01. The highest BCUT2D eigenvalue weighted by atomic mass is 79.9. The van der Waals surface area contributed by atoms with Crippen molar-refractivity contribution in [1.29, 1.82) is 0 Å². The highest BCUT2D eigenvalue weighted by Crippen LogP contribution is 2.25. The lowest BCUT2D eigenvalue weighted by molar-refractivity contribution is 0.283. The van der Waals surface area contributed by atoms with Crippen molar-refractivity contribution in [2.75, 3.05) is 0 Å². The molecule has 0 aliphatic rings. The first-order valence-electron chi connectivity index (χ1n) is 6.16. The molecule has 0 unspecified atom stereocenters. The Morgan fingerprint density at radius 1 is 1.25 bits per heavy atom. The Morgan fingerprint density at radius 2 is 2.10 bits per heavy atom. The van der Waals surface area contributed by atoms with E-state index in [1.165, 1.54) is 0 Å². The second-order valence-electron chi connectivity index (χ2n) is 4.57. The number of hydrogen-bond donors (Lipinski definition) is 1. The molecule has 0 aliphatic heterocycles. The van der Waals surface area contributed by atoms with Crippen molar-refractivity contribution in [1.82, 2.24) is 9.55 Å². The Bertz CT molecular complexity index is 752. The number of aromatic nitrogens is 2. The Hall–Kier alpha value is -1.36. The highest BCUT2D eigenvalue weighted by molar-refractivity contribution is 9.10. The van der Waals surface area contributed by atoms with Gasteiger partial charge in [0.05, 0.1) is 24.4 Å². The first-order valence-corrected chi connectivity index (χ1v) is 7.33. The van der Waals surface area contributed by atoms with Crippen LogP contribution in [0.25, 0.3) is 10.9 Å². The van der Waals surface area contributed by atoms with Crippen molar-refractivity contribution in [2.45, 2.75) is 13.2 Å². The summed E-state index contributed by atoms with van der Waals surface area (Å²) in [7, 11) is 0. The summed E-state index contributed by atoms with van der Waals surface area (Å²) >= 11 is 9.44. The Balaban J connectivity index is 2.06. The third-order valence-electron chi connectivity index (χ3n) is 3.22. The van der Waals surface area contributed by atoms with Crippen LogP contribution in [0.15, 0.2) is 47.2 Å². The Labute approximate surface area is 130 Å². The number of fused-ring (bicyclic) bond motifs is 1. The fourth-order valence-electron chi connectivity index (χ4n) is 2.27. The zero-order valence-electron chi connectivity index (χ0n) is 10.6. The number of rotatable bonds is 3. The van der Waals surface area contributed by atoms with Crippen LogP contribution in [0.4, 0.5) is 0 Å². The molecule has 0 spiro atoms. The third-order valence-corrected chi connectivity index (χ3v) is 3.92. The molecule has 1 N–H and O–H groups in total. The molecular weight excluding hydrogens is 340 g/mol. The van der Waals surface area contributed by atoms with Gasteiger partial charge in [-0.1, -0.05) is 17.7 Å². The van der Waals surface area contributed by atoms with Crippen LogP contribution in [0.2, 0.25) is 5.02 Å².